The summed E-state index contributed by atoms with van der Waals surface area (Å²) >= 11 is 11.7. The average Bonchev–Trinajstić information content (AvgIpc) is 2.77. The predicted octanol–water partition coefficient (Wildman–Crippen LogP) is 3.80. The third-order valence-electron chi connectivity index (χ3n) is 3.23. The first-order valence-corrected chi connectivity index (χ1v) is 7.32. The van der Waals surface area contributed by atoms with E-state index in [4.69, 9.17) is 23.2 Å². The molecule has 1 saturated heterocycles. The van der Waals surface area contributed by atoms with Crippen LogP contribution < -0.4 is 10.2 Å². The molecule has 0 atom stereocenters. The Kier molecular flexibility index (Phi) is 3.98. The van der Waals surface area contributed by atoms with Crippen molar-refractivity contribution in [3.63, 3.8) is 0 Å². The number of urea groups is 1. The molecule has 1 aliphatic rings. The first kappa shape index (κ1) is 15.4. The van der Waals surface area contributed by atoms with Gasteiger partial charge in [0, 0.05) is 5.02 Å². The minimum Gasteiger partial charge on any atom is -0.506 e. The Morgan fingerprint density at radius 1 is 1.09 bits per heavy atom. The van der Waals surface area contributed by atoms with E-state index in [9.17, 15) is 14.7 Å². The van der Waals surface area contributed by atoms with E-state index in [1.165, 1.54) is 24.3 Å². The number of benzene rings is 2. The number of aromatic hydroxyl groups is 1. The Labute approximate surface area is 141 Å². The molecule has 0 aromatic heterocycles. The molecule has 116 valence electrons. The first-order chi connectivity index (χ1) is 11.0. The van der Waals surface area contributed by atoms with Crippen molar-refractivity contribution in [3.05, 3.63) is 63.8 Å². The van der Waals surface area contributed by atoms with Crippen molar-refractivity contribution in [1.82, 2.24) is 5.32 Å². The molecule has 5 nitrogen and oxygen atoms in total. The molecule has 0 aliphatic carbocycles. The fourth-order valence-electron chi connectivity index (χ4n) is 2.16. The van der Waals surface area contributed by atoms with Crippen LogP contribution in [-0.2, 0) is 4.79 Å². The van der Waals surface area contributed by atoms with Crippen molar-refractivity contribution in [1.29, 1.82) is 0 Å². The largest absolute Gasteiger partial charge is 0.506 e. The van der Waals surface area contributed by atoms with Gasteiger partial charge in [-0.3, -0.25) is 4.79 Å². The highest BCUT2D eigenvalue weighted by Gasteiger charge is 2.34. The Hall–Kier alpha value is -2.50. The van der Waals surface area contributed by atoms with Gasteiger partial charge in [0.25, 0.3) is 5.91 Å². The summed E-state index contributed by atoms with van der Waals surface area (Å²) in [4.78, 5) is 25.5. The van der Waals surface area contributed by atoms with Gasteiger partial charge in [0.1, 0.15) is 11.4 Å². The topological polar surface area (TPSA) is 69.6 Å². The lowest BCUT2D eigenvalue weighted by atomic mass is 10.2. The van der Waals surface area contributed by atoms with Crippen LogP contribution in [0.25, 0.3) is 6.08 Å². The van der Waals surface area contributed by atoms with E-state index < -0.39 is 11.9 Å². The standard InChI is InChI=1S/C16H10Cl2N2O3/c17-10-2-1-3-11(8-10)20-15(22)13(19-16(20)23)7-9-4-5-14(21)12(18)6-9/h1-8,21H,(H,19,23). The van der Waals surface area contributed by atoms with Gasteiger partial charge in [-0.05, 0) is 42.0 Å². The number of carbonyl (C=O) groups is 2. The number of rotatable bonds is 2. The lowest BCUT2D eigenvalue weighted by molar-refractivity contribution is -0.113. The summed E-state index contributed by atoms with van der Waals surface area (Å²) in [7, 11) is 0. The van der Waals surface area contributed by atoms with Gasteiger partial charge in [-0.2, -0.15) is 0 Å². The van der Waals surface area contributed by atoms with Crippen LogP contribution in [0.1, 0.15) is 5.56 Å². The third kappa shape index (κ3) is 3.02. The molecular formula is C16H10Cl2N2O3. The van der Waals surface area contributed by atoms with E-state index in [2.05, 4.69) is 5.32 Å². The first-order valence-electron chi connectivity index (χ1n) is 6.57. The molecule has 1 fully saturated rings. The maximum atomic E-state index is 12.4. The van der Waals surface area contributed by atoms with Crippen LogP contribution in [0.2, 0.25) is 10.0 Å². The molecule has 2 aromatic carbocycles. The highest BCUT2D eigenvalue weighted by Crippen LogP contribution is 2.27. The van der Waals surface area contributed by atoms with Crippen molar-refractivity contribution in [3.8, 4) is 5.75 Å². The van der Waals surface area contributed by atoms with Crippen LogP contribution in [0.3, 0.4) is 0 Å². The fourth-order valence-corrected chi connectivity index (χ4v) is 2.54. The lowest BCUT2D eigenvalue weighted by Crippen LogP contribution is -2.30. The molecule has 3 rings (SSSR count). The zero-order chi connectivity index (χ0) is 16.6. The van der Waals surface area contributed by atoms with E-state index in [0.717, 1.165) is 4.90 Å². The van der Waals surface area contributed by atoms with Crippen LogP contribution in [-0.4, -0.2) is 17.0 Å². The molecule has 23 heavy (non-hydrogen) atoms. The monoisotopic (exact) mass is 348 g/mol. The summed E-state index contributed by atoms with van der Waals surface area (Å²) in [5, 5.41) is 12.5. The number of halogens is 2. The number of nitrogens with one attached hydrogen (secondary N) is 1. The summed E-state index contributed by atoms with van der Waals surface area (Å²) in [5.74, 6) is -0.558. The third-order valence-corrected chi connectivity index (χ3v) is 3.77. The van der Waals surface area contributed by atoms with E-state index in [1.807, 2.05) is 0 Å². The zero-order valence-electron chi connectivity index (χ0n) is 11.6. The SMILES string of the molecule is O=C1NC(=Cc2ccc(O)c(Cl)c2)C(=O)N1c1cccc(Cl)c1. The number of hydrogen-bond acceptors (Lipinski definition) is 3. The number of anilines is 1. The van der Waals surface area contributed by atoms with Crippen LogP contribution >= 0.6 is 23.2 Å². The molecule has 7 heteroatoms. The van der Waals surface area contributed by atoms with Crippen molar-refractivity contribution < 1.29 is 14.7 Å². The van der Waals surface area contributed by atoms with Gasteiger partial charge in [0.2, 0.25) is 0 Å². The average molecular weight is 349 g/mol. The molecule has 2 aromatic rings. The highest BCUT2D eigenvalue weighted by atomic mass is 35.5. The van der Waals surface area contributed by atoms with Gasteiger partial charge >= 0.3 is 6.03 Å². The maximum absolute atomic E-state index is 12.4. The minimum absolute atomic E-state index is 0.0591. The number of imide groups is 1. The van der Waals surface area contributed by atoms with E-state index >= 15 is 0 Å². The number of nitrogens with zero attached hydrogens (tertiary/aromatic N) is 1. The number of amides is 3. The Morgan fingerprint density at radius 3 is 2.57 bits per heavy atom. The summed E-state index contributed by atoms with van der Waals surface area (Å²) in [5.41, 5.74) is 1.06. The van der Waals surface area contributed by atoms with Gasteiger partial charge in [0.15, 0.2) is 0 Å². The van der Waals surface area contributed by atoms with Gasteiger partial charge in [0.05, 0.1) is 10.7 Å². The smallest absolute Gasteiger partial charge is 0.333 e. The number of carbonyl (C=O) groups excluding carboxylic acids is 2. The summed E-state index contributed by atoms with van der Waals surface area (Å²) in [6.45, 7) is 0. The van der Waals surface area contributed by atoms with Crippen LogP contribution in [0.15, 0.2) is 48.2 Å². The van der Waals surface area contributed by atoms with E-state index in [-0.39, 0.29) is 16.5 Å². The van der Waals surface area contributed by atoms with E-state index in [1.54, 1.807) is 24.3 Å². The molecule has 0 radical (unpaired) electrons. The summed E-state index contributed by atoms with van der Waals surface area (Å²) in [6.07, 6.45) is 1.48. The molecule has 1 heterocycles. The molecule has 1 aliphatic heterocycles. The van der Waals surface area contributed by atoms with Gasteiger partial charge in [-0.25, -0.2) is 9.69 Å². The fraction of sp³-hybridized carbons (Fsp3) is 0. The summed E-state index contributed by atoms with van der Waals surface area (Å²) < 4.78 is 0. The Morgan fingerprint density at radius 2 is 1.87 bits per heavy atom. The molecule has 0 unspecified atom stereocenters. The Balaban J connectivity index is 1.94. The van der Waals surface area contributed by atoms with E-state index in [0.29, 0.717) is 16.3 Å². The molecule has 0 bridgehead atoms. The second-order valence-electron chi connectivity index (χ2n) is 4.82. The summed E-state index contributed by atoms with van der Waals surface area (Å²) in [6, 6.07) is 10.4. The molecule has 0 spiro atoms. The Bertz CT molecular complexity index is 849. The normalized spacial score (nSPS) is 16.1. The van der Waals surface area contributed by atoms with Gasteiger partial charge in [-0.1, -0.05) is 35.3 Å². The number of phenols is 1. The molecule has 3 amide bonds. The number of hydrogen-bond donors (Lipinski definition) is 2. The molecule has 2 N–H and O–H groups in total. The highest BCUT2D eigenvalue weighted by molar-refractivity contribution is 6.33. The van der Waals surface area contributed by atoms with Crippen molar-refractivity contribution in [2.45, 2.75) is 0 Å². The van der Waals surface area contributed by atoms with Gasteiger partial charge < -0.3 is 10.4 Å². The van der Waals surface area contributed by atoms with Crippen LogP contribution in [0.4, 0.5) is 10.5 Å². The van der Waals surface area contributed by atoms with Crippen LogP contribution in [0, 0.1) is 0 Å². The van der Waals surface area contributed by atoms with Crippen molar-refractivity contribution in [2.75, 3.05) is 4.90 Å². The molecular weight excluding hydrogens is 339 g/mol. The second-order valence-corrected chi connectivity index (χ2v) is 5.66. The van der Waals surface area contributed by atoms with Gasteiger partial charge in [-0.15, -0.1) is 0 Å². The minimum atomic E-state index is -0.562. The van der Waals surface area contributed by atoms with Crippen molar-refractivity contribution in [2.24, 2.45) is 0 Å². The van der Waals surface area contributed by atoms with Crippen molar-refractivity contribution >= 4 is 46.9 Å². The second kappa shape index (κ2) is 5.95. The zero-order valence-corrected chi connectivity index (χ0v) is 13.1. The maximum Gasteiger partial charge on any atom is 0.333 e. The molecule has 0 saturated carbocycles. The van der Waals surface area contributed by atoms with Crippen LogP contribution in [0.5, 0.6) is 5.75 Å². The number of phenolic OH excluding ortho intramolecular Hbond substituents is 1. The lowest BCUT2D eigenvalue weighted by Gasteiger charge is -2.11. The quantitative estimate of drug-likeness (QED) is 0.640. The predicted molar refractivity (Wildman–Crippen MR) is 88.6 cm³/mol.